The van der Waals surface area contributed by atoms with Gasteiger partial charge in [0.1, 0.15) is 18.0 Å². The third-order valence-electron chi connectivity index (χ3n) is 4.86. The van der Waals surface area contributed by atoms with Gasteiger partial charge in [-0.2, -0.15) is 0 Å². The maximum atomic E-state index is 12.9. The van der Waals surface area contributed by atoms with Crippen molar-refractivity contribution in [3.8, 4) is 5.75 Å². The van der Waals surface area contributed by atoms with E-state index in [2.05, 4.69) is 9.72 Å². The largest absolute Gasteiger partial charge is 0.573 e. The molecule has 3 rings (SSSR count). The van der Waals surface area contributed by atoms with Gasteiger partial charge in [0.15, 0.2) is 0 Å². The van der Waals surface area contributed by atoms with E-state index in [0.717, 1.165) is 5.01 Å². The number of aromatic nitrogens is 1. The quantitative estimate of drug-likeness (QED) is 0.644. The molecule has 0 saturated carbocycles. The second kappa shape index (κ2) is 9.86. The van der Waals surface area contributed by atoms with Gasteiger partial charge in [-0.1, -0.05) is 12.1 Å². The van der Waals surface area contributed by atoms with Crippen molar-refractivity contribution in [3.63, 3.8) is 0 Å². The van der Waals surface area contributed by atoms with Gasteiger partial charge in [0.05, 0.1) is 17.7 Å². The van der Waals surface area contributed by atoms with Gasteiger partial charge in [0.2, 0.25) is 5.91 Å². The highest BCUT2D eigenvalue weighted by Gasteiger charge is 2.33. The first kappa shape index (κ1) is 24.0. The molecule has 1 unspecified atom stereocenters. The molecule has 2 aromatic rings. The molecule has 1 atom stereocenters. The molecule has 1 aromatic heterocycles. The Balaban J connectivity index is 1.70. The highest BCUT2D eigenvalue weighted by molar-refractivity contribution is 7.09. The van der Waals surface area contributed by atoms with E-state index in [1.54, 1.807) is 17.2 Å². The Morgan fingerprint density at radius 3 is 2.50 bits per heavy atom. The number of rotatable bonds is 6. The smallest absolute Gasteiger partial charge is 0.406 e. The van der Waals surface area contributed by atoms with Crippen molar-refractivity contribution in [2.45, 2.75) is 45.9 Å². The van der Waals surface area contributed by atoms with Crippen LogP contribution in [0.15, 0.2) is 29.6 Å². The van der Waals surface area contributed by atoms with Crippen molar-refractivity contribution in [2.75, 3.05) is 19.6 Å². The molecule has 1 saturated heterocycles. The molecular formula is C21H24F3N3O4S. The monoisotopic (exact) mass is 471 g/mol. The van der Waals surface area contributed by atoms with E-state index in [4.69, 9.17) is 4.74 Å². The zero-order valence-corrected chi connectivity index (χ0v) is 18.7. The molecule has 174 valence electrons. The molecule has 0 radical (unpaired) electrons. The average molecular weight is 472 g/mol. The third kappa shape index (κ3) is 6.42. The molecule has 0 spiro atoms. The molecule has 32 heavy (non-hydrogen) atoms. The molecule has 1 aliphatic heterocycles. The predicted octanol–water partition coefficient (Wildman–Crippen LogP) is 3.63. The Labute approximate surface area is 187 Å². The van der Waals surface area contributed by atoms with Crippen LogP contribution in [0.4, 0.5) is 13.2 Å². The van der Waals surface area contributed by atoms with Gasteiger partial charge in [-0.3, -0.25) is 9.59 Å². The Kier molecular flexibility index (Phi) is 7.40. The zero-order chi connectivity index (χ0) is 23.5. The van der Waals surface area contributed by atoms with E-state index in [1.165, 1.54) is 40.5 Å². The topological polar surface area (TPSA) is 72.0 Å². The summed E-state index contributed by atoms with van der Waals surface area (Å²) in [5.41, 5.74) is 0.927. The van der Waals surface area contributed by atoms with Gasteiger partial charge < -0.3 is 19.3 Å². The SMILES string of the molecule is Cc1nc(C(=O)N2CC(=O)N(C(C)C)CC(OCc3ccc(OC(F)(F)F)cc3)C2)cs1. The maximum Gasteiger partial charge on any atom is 0.573 e. The summed E-state index contributed by atoms with van der Waals surface area (Å²) in [5.74, 6) is -0.835. The van der Waals surface area contributed by atoms with E-state index in [-0.39, 0.29) is 49.0 Å². The van der Waals surface area contributed by atoms with E-state index >= 15 is 0 Å². The number of benzene rings is 1. The minimum Gasteiger partial charge on any atom is -0.406 e. The predicted molar refractivity (Wildman–Crippen MR) is 111 cm³/mol. The van der Waals surface area contributed by atoms with Crippen LogP contribution in [0, 0.1) is 6.92 Å². The van der Waals surface area contributed by atoms with E-state index in [9.17, 15) is 22.8 Å². The standard InChI is InChI=1S/C21H24F3N3O4S/c1-13(2)27-9-17(30-11-15-4-6-16(7-5-15)31-21(22,23)24)8-26(10-19(27)28)20(29)18-12-32-14(3)25-18/h4-7,12-13,17H,8-11H2,1-3H3. The Hall–Kier alpha value is -2.66. The maximum absolute atomic E-state index is 12.9. The first-order chi connectivity index (χ1) is 15.0. The fraction of sp³-hybridized carbons (Fsp3) is 0.476. The Morgan fingerprint density at radius 2 is 1.94 bits per heavy atom. The zero-order valence-electron chi connectivity index (χ0n) is 17.9. The lowest BCUT2D eigenvalue weighted by Gasteiger charge is -2.27. The van der Waals surface area contributed by atoms with Crippen molar-refractivity contribution < 1.29 is 32.2 Å². The number of nitrogens with zero attached hydrogens (tertiary/aromatic N) is 3. The summed E-state index contributed by atoms with van der Waals surface area (Å²) in [7, 11) is 0. The first-order valence-electron chi connectivity index (χ1n) is 9.99. The molecule has 2 heterocycles. The molecule has 1 aromatic carbocycles. The number of halogens is 3. The fourth-order valence-corrected chi connectivity index (χ4v) is 3.91. The van der Waals surface area contributed by atoms with Crippen LogP contribution in [-0.2, 0) is 16.1 Å². The second-order valence-corrected chi connectivity index (χ2v) is 8.76. The summed E-state index contributed by atoms with van der Waals surface area (Å²) < 4.78 is 46.8. The van der Waals surface area contributed by atoms with Crippen molar-refractivity contribution in [1.29, 1.82) is 0 Å². The van der Waals surface area contributed by atoms with Gasteiger partial charge in [-0.05, 0) is 38.5 Å². The summed E-state index contributed by atoms with van der Waals surface area (Å²) >= 11 is 1.36. The summed E-state index contributed by atoms with van der Waals surface area (Å²) in [5, 5.41) is 2.41. The van der Waals surface area contributed by atoms with Crippen LogP contribution < -0.4 is 4.74 Å². The number of hydrogen-bond acceptors (Lipinski definition) is 6. The minimum atomic E-state index is -4.75. The van der Waals surface area contributed by atoms with Gasteiger partial charge >= 0.3 is 6.36 Å². The molecule has 1 fully saturated rings. The van der Waals surface area contributed by atoms with Crippen LogP contribution >= 0.6 is 11.3 Å². The number of amides is 2. The van der Waals surface area contributed by atoms with Crippen LogP contribution in [0.25, 0.3) is 0 Å². The fourth-order valence-electron chi connectivity index (χ4n) is 3.33. The molecule has 11 heteroatoms. The van der Waals surface area contributed by atoms with Gasteiger partial charge in [-0.15, -0.1) is 24.5 Å². The van der Waals surface area contributed by atoms with E-state index in [0.29, 0.717) is 12.1 Å². The number of thiazole rings is 1. The van der Waals surface area contributed by atoms with E-state index < -0.39 is 12.5 Å². The van der Waals surface area contributed by atoms with Crippen LogP contribution in [0.1, 0.15) is 34.9 Å². The minimum absolute atomic E-state index is 0.0725. The average Bonchev–Trinajstić information content (AvgIpc) is 3.06. The Morgan fingerprint density at radius 1 is 1.25 bits per heavy atom. The first-order valence-corrected chi connectivity index (χ1v) is 10.9. The molecule has 0 aliphatic carbocycles. The van der Waals surface area contributed by atoms with Crippen LogP contribution in [0.2, 0.25) is 0 Å². The molecule has 7 nitrogen and oxygen atoms in total. The summed E-state index contributed by atoms with van der Waals surface area (Å²) in [4.78, 5) is 32.9. The highest BCUT2D eigenvalue weighted by Crippen LogP contribution is 2.23. The summed E-state index contributed by atoms with van der Waals surface area (Å²) in [6.45, 7) is 6.09. The van der Waals surface area contributed by atoms with Crippen molar-refractivity contribution in [2.24, 2.45) is 0 Å². The van der Waals surface area contributed by atoms with Crippen LogP contribution in [-0.4, -0.2) is 64.7 Å². The van der Waals surface area contributed by atoms with Crippen molar-refractivity contribution in [1.82, 2.24) is 14.8 Å². The lowest BCUT2D eigenvalue weighted by Crippen LogP contribution is -2.42. The summed E-state index contributed by atoms with van der Waals surface area (Å²) in [6.07, 6.45) is -5.23. The molecule has 2 amide bonds. The third-order valence-corrected chi connectivity index (χ3v) is 5.64. The number of carbonyl (C=O) groups excluding carboxylic acids is 2. The highest BCUT2D eigenvalue weighted by atomic mass is 32.1. The van der Waals surface area contributed by atoms with Gasteiger partial charge in [-0.25, -0.2) is 4.98 Å². The van der Waals surface area contributed by atoms with Gasteiger partial charge in [0, 0.05) is 24.5 Å². The van der Waals surface area contributed by atoms with Crippen LogP contribution in [0.5, 0.6) is 5.75 Å². The summed E-state index contributed by atoms with van der Waals surface area (Å²) in [6, 6.07) is 5.30. The van der Waals surface area contributed by atoms with Gasteiger partial charge in [0.25, 0.3) is 5.91 Å². The number of ether oxygens (including phenoxy) is 2. The number of alkyl halides is 3. The number of hydrogen-bond donors (Lipinski definition) is 0. The number of carbonyl (C=O) groups is 2. The lowest BCUT2D eigenvalue weighted by molar-refractivity contribution is -0.274. The normalized spacial score (nSPS) is 17.6. The lowest BCUT2D eigenvalue weighted by atomic mass is 10.2. The van der Waals surface area contributed by atoms with Crippen LogP contribution in [0.3, 0.4) is 0 Å². The molecule has 1 aliphatic rings. The molecule has 0 N–H and O–H groups in total. The number of aryl methyl sites for hydroxylation is 1. The van der Waals surface area contributed by atoms with Crippen molar-refractivity contribution >= 4 is 23.2 Å². The van der Waals surface area contributed by atoms with Crippen molar-refractivity contribution in [3.05, 3.63) is 45.9 Å². The molecular weight excluding hydrogens is 447 g/mol. The second-order valence-electron chi connectivity index (χ2n) is 7.70. The Bertz CT molecular complexity index is 947. The van der Waals surface area contributed by atoms with E-state index in [1.807, 2.05) is 13.8 Å². The molecule has 0 bridgehead atoms.